The lowest BCUT2D eigenvalue weighted by molar-refractivity contribution is 0.0694. The molecule has 0 fully saturated rings. The average molecular weight is 310 g/mol. The Morgan fingerprint density at radius 3 is 3.05 bits per heavy atom. The van der Waals surface area contributed by atoms with Gasteiger partial charge >= 0.3 is 5.97 Å². The van der Waals surface area contributed by atoms with Gasteiger partial charge in [0.25, 0.3) is 0 Å². The van der Waals surface area contributed by atoms with E-state index in [1.54, 1.807) is 12.1 Å². The van der Waals surface area contributed by atoms with Crippen molar-refractivity contribution in [1.82, 2.24) is 8.75 Å². The number of carboxylic acid groups (broad SMARTS) is 1. The van der Waals surface area contributed by atoms with Crippen LogP contribution < -0.4 is 5.32 Å². The fraction of sp³-hybridized carbons (Fsp3) is 0.0833. The number of rotatable bonds is 4. The molecule has 0 saturated carbocycles. The summed E-state index contributed by atoms with van der Waals surface area (Å²) in [6.07, 6.45) is 1.34. The number of hydrogen-bond acceptors (Lipinski definition) is 6. The lowest BCUT2D eigenvalue weighted by Gasteiger charge is -2.07. The van der Waals surface area contributed by atoms with E-state index in [2.05, 4.69) is 14.1 Å². The molecule has 1 aromatic carbocycles. The van der Waals surface area contributed by atoms with E-state index in [1.165, 1.54) is 12.3 Å². The molecule has 20 heavy (non-hydrogen) atoms. The number of furan rings is 1. The van der Waals surface area contributed by atoms with Crippen molar-refractivity contribution >= 4 is 46.0 Å². The van der Waals surface area contributed by atoms with Crippen molar-refractivity contribution < 1.29 is 14.3 Å². The van der Waals surface area contributed by atoms with Gasteiger partial charge in [-0.25, -0.2) is 4.79 Å². The van der Waals surface area contributed by atoms with Crippen molar-refractivity contribution in [3.8, 4) is 0 Å². The first kappa shape index (κ1) is 12.9. The van der Waals surface area contributed by atoms with Crippen LogP contribution in [0.15, 0.2) is 28.9 Å². The number of aromatic carboxylic acids is 1. The first-order valence-corrected chi connectivity index (χ1v) is 6.72. The zero-order valence-electron chi connectivity index (χ0n) is 9.96. The number of nitrogens with one attached hydrogen (secondary N) is 1. The molecule has 3 rings (SSSR count). The Kier molecular flexibility index (Phi) is 3.29. The topological polar surface area (TPSA) is 88.2 Å². The molecule has 0 aliphatic heterocycles. The number of nitrogens with zero attached hydrogens (tertiary/aromatic N) is 2. The molecule has 8 heteroatoms. The summed E-state index contributed by atoms with van der Waals surface area (Å²) in [5.41, 5.74) is 2.13. The van der Waals surface area contributed by atoms with Crippen LogP contribution in [-0.2, 0) is 6.54 Å². The van der Waals surface area contributed by atoms with Gasteiger partial charge in [-0.05, 0) is 18.2 Å². The number of benzene rings is 1. The van der Waals surface area contributed by atoms with Gasteiger partial charge < -0.3 is 14.8 Å². The van der Waals surface area contributed by atoms with Crippen LogP contribution in [0.5, 0.6) is 0 Å². The van der Waals surface area contributed by atoms with E-state index in [0.717, 1.165) is 17.2 Å². The number of anilines is 1. The van der Waals surface area contributed by atoms with Crippen molar-refractivity contribution in [2.45, 2.75) is 6.54 Å². The maximum Gasteiger partial charge on any atom is 0.339 e. The smallest absolute Gasteiger partial charge is 0.339 e. The Labute approximate surface area is 122 Å². The minimum Gasteiger partial charge on any atom is -0.478 e. The van der Waals surface area contributed by atoms with Crippen molar-refractivity contribution in [2.24, 2.45) is 0 Å². The number of aromatic nitrogens is 2. The van der Waals surface area contributed by atoms with Gasteiger partial charge in [0.2, 0.25) is 0 Å². The van der Waals surface area contributed by atoms with E-state index in [0.29, 0.717) is 22.0 Å². The summed E-state index contributed by atoms with van der Waals surface area (Å²) in [5, 5.41) is 12.6. The molecule has 0 unspecified atom stereocenters. The molecule has 0 bridgehead atoms. The minimum absolute atomic E-state index is 0.122. The number of halogens is 1. The first-order valence-electron chi connectivity index (χ1n) is 5.61. The highest BCUT2D eigenvalue weighted by molar-refractivity contribution is 7.00. The Hall–Kier alpha value is -2.12. The summed E-state index contributed by atoms with van der Waals surface area (Å²) in [6, 6.07) is 4.90. The molecule has 3 aromatic rings. The summed E-state index contributed by atoms with van der Waals surface area (Å²) < 4.78 is 13.5. The molecule has 0 spiro atoms. The van der Waals surface area contributed by atoms with Gasteiger partial charge in [0.15, 0.2) is 0 Å². The van der Waals surface area contributed by atoms with E-state index in [-0.39, 0.29) is 12.1 Å². The van der Waals surface area contributed by atoms with Crippen molar-refractivity contribution in [3.05, 3.63) is 40.8 Å². The highest BCUT2D eigenvalue weighted by atomic mass is 35.5. The summed E-state index contributed by atoms with van der Waals surface area (Å²) in [4.78, 5) is 11.0. The number of hydrogen-bond donors (Lipinski definition) is 2. The first-order chi connectivity index (χ1) is 9.66. The molecule has 6 nitrogen and oxygen atoms in total. The van der Waals surface area contributed by atoms with Gasteiger partial charge in [-0.1, -0.05) is 11.6 Å². The molecule has 0 aliphatic carbocycles. The average Bonchev–Trinajstić information content (AvgIpc) is 3.05. The van der Waals surface area contributed by atoms with Crippen LogP contribution in [0.4, 0.5) is 5.69 Å². The molecule has 102 valence electrons. The maximum absolute atomic E-state index is 11.0. The number of fused-ring (bicyclic) bond motifs is 1. The Balaban J connectivity index is 1.90. The second-order valence-electron chi connectivity index (χ2n) is 3.97. The Bertz CT molecular complexity index is 783. The van der Waals surface area contributed by atoms with E-state index in [1.807, 2.05) is 0 Å². The van der Waals surface area contributed by atoms with E-state index in [9.17, 15) is 4.79 Å². The quantitative estimate of drug-likeness (QED) is 0.769. The van der Waals surface area contributed by atoms with Gasteiger partial charge in [0.1, 0.15) is 22.4 Å². The van der Waals surface area contributed by atoms with Gasteiger partial charge in [-0.3, -0.25) is 0 Å². The second-order valence-corrected chi connectivity index (χ2v) is 4.91. The highest BCUT2D eigenvalue weighted by Crippen LogP contribution is 2.30. The summed E-state index contributed by atoms with van der Waals surface area (Å²) >= 11 is 7.22. The van der Waals surface area contributed by atoms with E-state index in [4.69, 9.17) is 21.1 Å². The predicted molar refractivity (Wildman–Crippen MR) is 75.4 cm³/mol. The molecule has 2 N–H and O–H groups in total. The predicted octanol–water partition coefficient (Wildman–Crippen LogP) is 3.25. The third-order valence-corrected chi connectivity index (χ3v) is 3.64. The second kappa shape index (κ2) is 5.10. The Morgan fingerprint density at radius 2 is 2.25 bits per heavy atom. The van der Waals surface area contributed by atoms with Crippen LogP contribution in [0.25, 0.3) is 11.0 Å². The maximum atomic E-state index is 11.0. The summed E-state index contributed by atoms with van der Waals surface area (Å²) in [6.45, 7) is 0.199. The minimum atomic E-state index is -1.03. The molecule has 0 saturated heterocycles. The molecular formula is C12H8ClN3O3S. The van der Waals surface area contributed by atoms with Gasteiger partial charge in [0, 0.05) is 0 Å². The summed E-state index contributed by atoms with van der Waals surface area (Å²) in [7, 11) is 0. The fourth-order valence-electron chi connectivity index (χ4n) is 1.83. The van der Waals surface area contributed by atoms with E-state index < -0.39 is 5.97 Å². The van der Waals surface area contributed by atoms with Gasteiger partial charge in [-0.2, -0.15) is 8.75 Å². The van der Waals surface area contributed by atoms with Crippen LogP contribution in [0.3, 0.4) is 0 Å². The largest absolute Gasteiger partial charge is 0.478 e. The lowest BCUT2D eigenvalue weighted by Crippen LogP contribution is -2.05. The summed E-state index contributed by atoms with van der Waals surface area (Å²) in [5.74, 6) is -0.705. The molecule has 0 atom stereocenters. The molecular weight excluding hydrogens is 302 g/mol. The third-order valence-electron chi connectivity index (χ3n) is 2.78. The molecule has 0 amide bonds. The normalized spacial score (nSPS) is 10.8. The number of carboxylic acids is 1. The van der Waals surface area contributed by atoms with Crippen LogP contribution in [0.2, 0.25) is 5.02 Å². The third kappa shape index (κ3) is 2.21. The van der Waals surface area contributed by atoms with E-state index >= 15 is 0 Å². The van der Waals surface area contributed by atoms with Gasteiger partial charge in [-0.15, -0.1) is 0 Å². The van der Waals surface area contributed by atoms with Crippen molar-refractivity contribution in [3.63, 3.8) is 0 Å². The standard InChI is InChI=1S/C12H8ClN3O3S/c13-7-1-2-8-11(16-20-15-8)10(7)14-5-9-6(12(17)18)3-4-19-9/h1-4,14H,5H2,(H,17,18). The van der Waals surface area contributed by atoms with Crippen molar-refractivity contribution in [2.75, 3.05) is 5.32 Å². The highest BCUT2D eigenvalue weighted by Gasteiger charge is 2.15. The SMILES string of the molecule is O=C(O)c1ccoc1CNc1c(Cl)ccc2nsnc12. The van der Waals surface area contributed by atoms with Crippen molar-refractivity contribution in [1.29, 1.82) is 0 Å². The molecule has 0 aliphatic rings. The van der Waals surface area contributed by atoms with Crippen LogP contribution >= 0.6 is 23.3 Å². The monoisotopic (exact) mass is 309 g/mol. The van der Waals surface area contributed by atoms with Crippen LogP contribution in [0.1, 0.15) is 16.1 Å². The molecule has 0 radical (unpaired) electrons. The van der Waals surface area contributed by atoms with Crippen LogP contribution in [-0.4, -0.2) is 19.8 Å². The zero-order valence-corrected chi connectivity index (χ0v) is 11.5. The van der Waals surface area contributed by atoms with Gasteiger partial charge in [0.05, 0.1) is 35.2 Å². The lowest BCUT2D eigenvalue weighted by atomic mass is 10.2. The molecule has 2 aromatic heterocycles. The number of carbonyl (C=O) groups is 1. The fourth-order valence-corrected chi connectivity index (χ4v) is 2.59. The Morgan fingerprint density at radius 1 is 1.40 bits per heavy atom. The van der Waals surface area contributed by atoms with Crippen LogP contribution in [0, 0.1) is 0 Å². The molecule has 2 heterocycles. The zero-order chi connectivity index (χ0) is 14.1.